The van der Waals surface area contributed by atoms with Gasteiger partial charge in [-0.2, -0.15) is 5.10 Å². The van der Waals surface area contributed by atoms with Gasteiger partial charge in [-0.1, -0.05) is 56.3 Å². The largest absolute Gasteiger partial charge is 0.331 e. The third-order valence-electron chi connectivity index (χ3n) is 5.55. The first-order chi connectivity index (χ1) is 16.6. The van der Waals surface area contributed by atoms with Crippen LogP contribution in [0, 0.1) is 0 Å². The molecule has 3 aromatic carbocycles. The summed E-state index contributed by atoms with van der Waals surface area (Å²) in [5, 5.41) is 12.5. The molecule has 4 rings (SSSR count). The Morgan fingerprint density at radius 2 is 1.80 bits per heavy atom. The maximum atomic E-state index is 13.4. The number of nitrogens with two attached hydrogens (primary N) is 1. The Balaban J connectivity index is 1.60. The van der Waals surface area contributed by atoms with Gasteiger partial charge in [0, 0.05) is 11.3 Å². The molecule has 0 bridgehead atoms. The molecule has 35 heavy (non-hydrogen) atoms. The molecule has 0 spiro atoms. The van der Waals surface area contributed by atoms with Crippen molar-refractivity contribution >= 4 is 50.3 Å². The minimum atomic E-state index is -3.85. The van der Waals surface area contributed by atoms with Gasteiger partial charge in [-0.15, -0.1) is 0 Å². The second-order valence-corrected chi connectivity index (χ2v) is 10.4. The molecule has 1 amide bonds. The summed E-state index contributed by atoms with van der Waals surface area (Å²) in [6, 6.07) is 21.6. The van der Waals surface area contributed by atoms with Gasteiger partial charge >= 0.3 is 0 Å². The lowest BCUT2D eigenvalue weighted by atomic mass is 9.99. The smallest absolute Gasteiger partial charge is 0.279 e. The van der Waals surface area contributed by atoms with Gasteiger partial charge in [-0.05, 0) is 59.6 Å². The molecule has 1 heterocycles. The molecule has 10 heteroatoms. The highest BCUT2D eigenvalue weighted by molar-refractivity contribution is 7.89. The number of anilines is 2. The first-order valence-electron chi connectivity index (χ1n) is 10.9. The van der Waals surface area contributed by atoms with Crippen LogP contribution in [0.25, 0.3) is 0 Å². The average Bonchev–Trinajstić information content (AvgIpc) is 3.08. The van der Waals surface area contributed by atoms with Gasteiger partial charge in [-0.25, -0.2) is 13.6 Å². The quantitative estimate of drug-likeness (QED) is 0.346. The van der Waals surface area contributed by atoms with Crippen molar-refractivity contribution in [1.29, 1.82) is 0 Å². The van der Waals surface area contributed by atoms with Crippen molar-refractivity contribution < 1.29 is 13.2 Å². The number of rotatable bonds is 6. The molecule has 3 aromatic rings. The summed E-state index contributed by atoms with van der Waals surface area (Å²) in [6.45, 7) is 4.59. The van der Waals surface area contributed by atoms with Crippen LogP contribution in [-0.4, -0.2) is 25.1 Å². The van der Waals surface area contributed by atoms with Gasteiger partial charge in [0.1, 0.15) is 0 Å². The van der Waals surface area contributed by atoms with Gasteiger partial charge in [0.05, 0.1) is 17.1 Å². The van der Waals surface area contributed by atoms with Crippen molar-refractivity contribution in [2.75, 3.05) is 10.2 Å². The molecule has 8 nitrogen and oxygen atoms in total. The van der Waals surface area contributed by atoms with Crippen LogP contribution in [-0.2, 0) is 21.4 Å². The third kappa shape index (κ3) is 5.56. The number of carbonyl (C=O) groups excluding carboxylic acids is 1. The summed E-state index contributed by atoms with van der Waals surface area (Å²) >= 11 is 5.31. The molecule has 180 valence electrons. The molecule has 4 N–H and O–H groups in total. The number of nitrogens with zero attached hydrogens (tertiary/aromatic N) is 2. The van der Waals surface area contributed by atoms with E-state index in [1.807, 2.05) is 48.5 Å². The van der Waals surface area contributed by atoms with Crippen LogP contribution in [0.3, 0.4) is 0 Å². The van der Waals surface area contributed by atoms with Crippen LogP contribution >= 0.6 is 12.2 Å². The highest BCUT2D eigenvalue weighted by Crippen LogP contribution is 2.33. The molecular formula is C25H25N5O3S2. The SMILES string of the molecule is CC(C)c1ccc2c(c1)C(=NNC(=S)Nc1cccc(S(N)(=O)=O)c1)C(=O)N2Cc1ccccc1. The van der Waals surface area contributed by atoms with Crippen LogP contribution in [0.15, 0.2) is 82.8 Å². The molecule has 1 aliphatic heterocycles. The van der Waals surface area contributed by atoms with Gasteiger partial charge in [0.2, 0.25) is 10.0 Å². The van der Waals surface area contributed by atoms with E-state index in [4.69, 9.17) is 17.4 Å². The fourth-order valence-corrected chi connectivity index (χ4v) is 4.46. The second-order valence-electron chi connectivity index (χ2n) is 8.41. The summed E-state index contributed by atoms with van der Waals surface area (Å²) in [5.74, 6) is 0.0397. The van der Waals surface area contributed by atoms with Crippen LogP contribution in [0.1, 0.15) is 36.5 Å². The lowest BCUT2D eigenvalue weighted by Crippen LogP contribution is -2.32. The molecule has 0 unspecified atom stereocenters. The number of sulfonamides is 1. The zero-order chi connectivity index (χ0) is 25.2. The first-order valence-corrected chi connectivity index (χ1v) is 12.9. The van der Waals surface area contributed by atoms with Crippen LogP contribution in [0.2, 0.25) is 0 Å². The van der Waals surface area contributed by atoms with Crippen molar-refractivity contribution in [2.45, 2.75) is 31.2 Å². The van der Waals surface area contributed by atoms with E-state index in [9.17, 15) is 13.2 Å². The van der Waals surface area contributed by atoms with Crippen LogP contribution < -0.4 is 20.8 Å². The summed E-state index contributed by atoms with van der Waals surface area (Å²) < 4.78 is 23.2. The molecule has 0 aromatic heterocycles. The molecule has 0 saturated carbocycles. The van der Waals surface area contributed by atoms with Gasteiger partial charge in [0.15, 0.2) is 10.8 Å². The Hall–Kier alpha value is -3.60. The minimum Gasteiger partial charge on any atom is -0.331 e. The number of benzene rings is 3. The summed E-state index contributed by atoms with van der Waals surface area (Å²) in [7, 11) is -3.85. The van der Waals surface area contributed by atoms with E-state index in [1.54, 1.807) is 17.0 Å². The number of fused-ring (bicyclic) bond motifs is 1. The van der Waals surface area contributed by atoms with E-state index in [2.05, 4.69) is 29.7 Å². The maximum absolute atomic E-state index is 13.4. The molecule has 0 saturated heterocycles. The van der Waals surface area contributed by atoms with Gasteiger partial charge in [0.25, 0.3) is 5.91 Å². The number of hydrogen-bond acceptors (Lipinski definition) is 5. The zero-order valence-corrected chi connectivity index (χ0v) is 20.9. The third-order valence-corrected chi connectivity index (χ3v) is 6.66. The lowest BCUT2D eigenvalue weighted by molar-refractivity contribution is -0.112. The highest BCUT2D eigenvalue weighted by Gasteiger charge is 2.34. The van der Waals surface area contributed by atoms with Crippen LogP contribution in [0.4, 0.5) is 11.4 Å². The molecule has 0 radical (unpaired) electrons. The van der Waals surface area contributed by atoms with Gasteiger partial charge < -0.3 is 10.2 Å². The summed E-state index contributed by atoms with van der Waals surface area (Å²) in [6.07, 6.45) is 0. The Morgan fingerprint density at radius 3 is 2.49 bits per heavy atom. The first kappa shape index (κ1) is 24.5. The molecule has 0 aliphatic carbocycles. The van der Waals surface area contributed by atoms with Crippen molar-refractivity contribution in [3.8, 4) is 0 Å². The summed E-state index contributed by atoms with van der Waals surface area (Å²) in [5.41, 5.74) is 6.98. The number of carbonyl (C=O) groups is 1. The van der Waals surface area contributed by atoms with E-state index >= 15 is 0 Å². The predicted octanol–water partition coefficient (Wildman–Crippen LogP) is 3.69. The van der Waals surface area contributed by atoms with Gasteiger partial charge in [-0.3, -0.25) is 10.2 Å². The number of hydrogen-bond donors (Lipinski definition) is 3. The van der Waals surface area contributed by atoms with Crippen molar-refractivity contribution in [2.24, 2.45) is 10.2 Å². The average molecular weight is 508 g/mol. The van der Waals surface area contributed by atoms with Crippen LogP contribution in [0.5, 0.6) is 0 Å². The fraction of sp³-hybridized carbons (Fsp3) is 0.160. The van der Waals surface area contributed by atoms with Crippen molar-refractivity contribution in [1.82, 2.24) is 5.43 Å². The second kappa shape index (κ2) is 9.95. The van der Waals surface area contributed by atoms with E-state index in [0.717, 1.165) is 22.4 Å². The normalized spacial score (nSPS) is 14.3. The fourth-order valence-electron chi connectivity index (χ4n) is 3.74. The number of hydrazone groups is 1. The molecular weight excluding hydrogens is 482 g/mol. The Kier molecular flexibility index (Phi) is 6.97. The maximum Gasteiger partial charge on any atom is 0.279 e. The van der Waals surface area contributed by atoms with E-state index in [0.29, 0.717) is 12.2 Å². The summed E-state index contributed by atoms with van der Waals surface area (Å²) in [4.78, 5) is 15.0. The zero-order valence-electron chi connectivity index (χ0n) is 19.2. The Bertz CT molecular complexity index is 1420. The van der Waals surface area contributed by atoms with Crippen molar-refractivity contribution in [3.05, 3.63) is 89.5 Å². The number of amides is 1. The highest BCUT2D eigenvalue weighted by atomic mass is 32.2. The molecule has 1 aliphatic rings. The number of thiocarbonyl (C=S) groups is 1. The van der Waals surface area contributed by atoms with E-state index < -0.39 is 10.0 Å². The number of nitrogens with one attached hydrogen (secondary N) is 2. The van der Waals surface area contributed by atoms with E-state index in [1.165, 1.54) is 12.1 Å². The number of primary sulfonamides is 1. The Morgan fingerprint density at radius 1 is 1.06 bits per heavy atom. The monoisotopic (exact) mass is 507 g/mol. The Labute approximate surface area is 209 Å². The topological polar surface area (TPSA) is 117 Å². The standard InChI is InChI=1S/C25H25N5O3S2/c1-16(2)18-11-12-22-21(13-18)23(24(31)30(22)15-17-7-4-3-5-8-17)28-29-25(34)27-19-9-6-10-20(14-19)35(26,32)33/h3-14,16H,15H2,1-2H3,(H2,26,32,33)(H2,27,29,34). The lowest BCUT2D eigenvalue weighted by Gasteiger charge is -2.17. The van der Waals surface area contributed by atoms with E-state index in [-0.39, 0.29) is 27.5 Å². The predicted molar refractivity (Wildman–Crippen MR) is 142 cm³/mol. The van der Waals surface area contributed by atoms with Crippen molar-refractivity contribution in [3.63, 3.8) is 0 Å². The molecule has 0 atom stereocenters. The molecule has 0 fully saturated rings. The minimum absolute atomic E-state index is 0.0470.